The molecule has 3 aromatic rings. The minimum atomic E-state index is -0.460. The van der Waals surface area contributed by atoms with E-state index in [2.05, 4.69) is 11.4 Å². The van der Waals surface area contributed by atoms with Gasteiger partial charge in [-0.05, 0) is 46.5 Å². The molecule has 4 nitrogen and oxygen atoms in total. The summed E-state index contributed by atoms with van der Waals surface area (Å²) in [5.41, 5.74) is 5.83. The van der Waals surface area contributed by atoms with Crippen LogP contribution in [0.15, 0.2) is 47.5 Å². The van der Waals surface area contributed by atoms with E-state index in [9.17, 15) is 24.6 Å². The molecule has 2 aliphatic carbocycles. The van der Waals surface area contributed by atoms with Crippen molar-refractivity contribution >= 4 is 22.5 Å². The van der Waals surface area contributed by atoms with Crippen LogP contribution in [0.3, 0.4) is 0 Å². The van der Waals surface area contributed by atoms with Crippen molar-refractivity contribution in [1.82, 2.24) is 5.32 Å². The Bertz CT molecular complexity index is 1570. The van der Waals surface area contributed by atoms with E-state index in [1.165, 1.54) is 35.6 Å². The van der Waals surface area contributed by atoms with Crippen molar-refractivity contribution in [3.05, 3.63) is 80.1 Å². The monoisotopic (exact) mass is 436 g/mol. The zero-order valence-corrected chi connectivity index (χ0v) is 17.1. The summed E-state index contributed by atoms with van der Waals surface area (Å²) in [5.74, 6) is -0.855. The average Bonchev–Trinajstić information content (AvgIpc) is 3.41. The molecule has 1 saturated heterocycles. The molecule has 2 heterocycles. The molecule has 1 N–H and O–H groups in total. The second-order valence-electron chi connectivity index (χ2n) is 7.73. The van der Waals surface area contributed by atoms with Gasteiger partial charge in [0, 0.05) is 38.6 Å². The van der Waals surface area contributed by atoms with Crippen molar-refractivity contribution in [3.8, 4) is 40.5 Å². The van der Waals surface area contributed by atoms with E-state index in [1.54, 1.807) is 12.1 Å². The summed E-state index contributed by atoms with van der Waals surface area (Å²) in [6, 6.07) is 14.9. The quantitative estimate of drug-likeness (QED) is 0.291. The van der Waals surface area contributed by atoms with E-state index in [0.717, 1.165) is 27.1 Å². The van der Waals surface area contributed by atoms with Gasteiger partial charge in [0.25, 0.3) is 0 Å². The smallest absolute Gasteiger partial charge is 0.138 e. The first kappa shape index (κ1) is 18.7. The van der Waals surface area contributed by atoms with Gasteiger partial charge in [0.2, 0.25) is 0 Å². The van der Waals surface area contributed by atoms with E-state index in [4.69, 9.17) is 0 Å². The molecular weight excluding hydrogens is 426 g/mol. The molecule has 2 aromatic carbocycles. The summed E-state index contributed by atoms with van der Waals surface area (Å²) in [6.07, 6.45) is 0. The summed E-state index contributed by atoms with van der Waals surface area (Å²) < 4.78 is 28.4. The fraction of sp³-hybridized carbons (Fsp3) is 0.0800. The SMILES string of the molecule is N#CC(C#N)=C1c2cc(F)ccc2-c2c1sc1c2-c2ccc(F)cc2/C1=C(\C#N)C1CN1. The van der Waals surface area contributed by atoms with Gasteiger partial charge in [0.05, 0.1) is 17.7 Å². The highest BCUT2D eigenvalue weighted by Gasteiger charge is 2.41. The molecule has 32 heavy (non-hydrogen) atoms. The van der Waals surface area contributed by atoms with E-state index in [0.29, 0.717) is 39.3 Å². The summed E-state index contributed by atoms with van der Waals surface area (Å²) in [6.45, 7) is 0.678. The predicted octanol–water partition coefficient (Wildman–Crippen LogP) is 5.13. The first-order chi connectivity index (χ1) is 15.6. The maximum atomic E-state index is 14.2. The number of nitrogens with one attached hydrogen (secondary N) is 1. The van der Waals surface area contributed by atoms with Crippen LogP contribution in [-0.4, -0.2) is 12.6 Å². The molecule has 1 aromatic heterocycles. The van der Waals surface area contributed by atoms with Crippen molar-refractivity contribution in [2.45, 2.75) is 6.04 Å². The van der Waals surface area contributed by atoms with E-state index < -0.39 is 11.6 Å². The van der Waals surface area contributed by atoms with E-state index in [1.807, 2.05) is 12.1 Å². The first-order valence-electron chi connectivity index (χ1n) is 9.77. The van der Waals surface area contributed by atoms with E-state index >= 15 is 0 Å². The van der Waals surface area contributed by atoms with Crippen LogP contribution in [0.2, 0.25) is 0 Å². The largest absolute Gasteiger partial charge is 0.306 e. The maximum Gasteiger partial charge on any atom is 0.138 e. The van der Waals surface area contributed by atoms with Crippen LogP contribution >= 0.6 is 11.3 Å². The van der Waals surface area contributed by atoms with Gasteiger partial charge in [0.15, 0.2) is 0 Å². The van der Waals surface area contributed by atoms with Crippen molar-refractivity contribution in [2.75, 3.05) is 6.54 Å². The molecule has 0 saturated carbocycles. The Morgan fingerprint density at radius 3 is 1.84 bits per heavy atom. The van der Waals surface area contributed by atoms with Crippen LogP contribution in [0.5, 0.6) is 0 Å². The predicted molar refractivity (Wildman–Crippen MR) is 116 cm³/mol. The van der Waals surface area contributed by atoms with Gasteiger partial charge in [-0.1, -0.05) is 12.1 Å². The number of nitriles is 3. The van der Waals surface area contributed by atoms with Crippen LogP contribution in [0.1, 0.15) is 20.9 Å². The number of allylic oxidation sites excluding steroid dienone is 1. The highest BCUT2D eigenvalue weighted by atomic mass is 32.1. The Balaban J connectivity index is 1.78. The van der Waals surface area contributed by atoms with E-state index in [-0.39, 0.29) is 11.6 Å². The van der Waals surface area contributed by atoms with Gasteiger partial charge >= 0.3 is 0 Å². The second-order valence-corrected chi connectivity index (χ2v) is 8.75. The zero-order valence-electron chi connectivity index (χ0n) is 16.3. The molecule has 150 valence electrons. The lowest BCUT2D eigenvalue weighted by Crippen LogP contribution is -1.99. The molecule has 1 fully saturated rings. The van der Waals surface area contributed by atoms with Crippen LogP contribution in [0, 0.1) is 45.6 Å². The number of rotatable bonds is 1. The fourth-order valence-electron chi connectivity index (χ4n) is 4.65. The van der Waals surface area contributed by atoms with Crippen molar-refractivity contribution in [3.63, 3.8) is 0 Å². The number of hydrogen-bond acceptors (Lipinski definition) is 5. The molecule has 3 aliphatic rings. The number of halogens is 2. The van der Waals surface area contributed by atoms with Gasteiger partial charge in [-0.25, -0.2) is 8.78 Å². The van der Waals surface area contributed by atoms with Gasteiger partial charge in [-0.3, -0.25) is 0 Å². The fourth-order valence-corrected chi connectivity index (χ4v) is 6.12. The van der Waals surface area contributed by atoms with Gasteiger partial charge < -0.3 is 5.32 Å². The van der Waals surface area contributed by atoms with Gasteiger partial charge in [-0.15, -0.1) is 11.3 Å². The molecular formula is C25H10F2N4S. The van der Waals surface area contributed by atoms with Crippen LogP contribution in [0.4, 0.5) is 8.78 Å². The third kappa shape index (κ3) is 2.34. The summed E-state index contributed by atoms with van der Waals surface area (Å²) in [5, 5.41) is 32.2. The Kier molecular flexibility index (Phi) is 3.76. The number of benzene rings is 2. The topological polar surface area (TPSA) is 93.3 Å². The molecule has 0 radical (unpaired) electrons. The lowest BCUT2D eigenvalue weighted by Gasteiger charge is -2.06. The molecule has 1 atom stereocenters. The lowest BCUT2D eigenvalue weighted by molar-refractivity contribution is 0.627. The Hall–Kier alpha value is -4.09. The zero-order chi connectivity index (χ0) is 22.1. The molecule has 6 rings (SSSR count). The lowest BCUT2D eigenvalue weighted by atomic mass is 9.98. The molecule has 1 unspecified atom stereocenters. The van der Waals surface area contributed by atoms with Crippen LogP contribution in [-0.2, 0) is 0 Å². The first-order valence-corrected chi connectivity index (χ1v) is 10.6. The number of fused-ring (bicyclic) bond motifs is 7. The third-order valence-corrected chi connectivity index (χ3v) is 7.25. The highest BCUT2D eigenvalue weighted by molar-refractivity contribution is 7.16. The minimum absolute atomic E-state index is 0.0841. The van der Waals surface area contributed by atoms with Crippen LogP contribution < -0.4 is 5.32 Å². The van der Waals surface area contributed by atoms with Crippen LogP contribution in [0.25, 0.3) is 33.4 Å². The van der Waals surface area contributed by atoms with Gasteiger partial charge in [0.1, 0.15) is 29.3 Å². The summed E-state index contributed by atoms with van der Waals surface area (Å²) in [7, 11) is 0. The minimum Gasteiger partial charge on any atom is -0.306 e. The maximum absolute atomic E-state index is 14.2. The van der Waals surface area contributed by atoms with Crippen molar-refractivity contribution in [2.24, 2.45) is 0 Å². The van der Waals surface area contributed by atoms with Gasteiger partial charge in [-0.2, -0.15) is 15.8 Å². The Labute approximate surface area is 185 Å². The average molecular weight is 436 g/mol. The number of thiophene rings is 1. The second kappa shape index (κ2) is 6.45. The van der Waals surface area contributed by atoms with Crippen molar-refractivity contribution < 1.29 is 8.78 Å². The standard InChI is InChI=1S/C25H10F2N4S/c26-12-1-3-14-16(5-12)20(11(7-28)8-29)24-22(14)23-15-4-2-13(27)6-17(15)21(25(23)32-24)18(9-30)19-10-31-19/h1-6,19,31H,10H2/b21-18-. The molecule has 0 amide bonds. The molecule has 1 aliphatic heterocycles. The number of nitrogens with zero attached hydrogens (tertiary/aromatic N) is 3. The molecule has 7 heteroatoms. The summed E-state index contributed by atoms with van der Waals surface area (Å²) >= 11 is 1.36. The summed E-state index contributed by atoms with van der Waals surface area (Å²) in [4.78, 5) is 1.51. The Morgan fingerprint density at radius 2 is 1.34 bits per heavy atom. The molecule has 0 bridgehead atoms. The van der Waals surface area contributed by atoms with Crippen molar-refractivity contribution in [1.29, 1.82) is 15.8 Å². The Morgan fingerprint density at radius 1 is 0.812 bits per heavy atom. The number of hydrogen-bond donors (Lipinski definition) is 1. The normalized spacial score (nSPS) is 18.0. The molecule has 0 spiro atoms. The highest BCUT2D eigenvalue weighted by Crippen LogP contribution is 2.61. The third-order valence-electron chi connectivity index (χ3n) is 6.02.